The molecular weight excluding hydrogens is 370 g/mol. The third-order valence-corrected chi connectivity index (χ3v) is 4.00. The molecule has 142 valence electrons. The van der Waals surface area contributed by atoms with Gasteiger partial charge in [0.1, 0.15) is 12.0 Å². The molecule has 1 aliphatic heterocycles. The number of benzene rings is 1. The molecule has 0 saturated carbocycles. The zero-order chi connectivity index (χ0) is 19.0. The molecule has 0 spiro atoms. The number of alkyl halides is 3. The SMILES string of the molecule is Fc1nc(NCc2ccc(OC(F)(F)F)cc2)c2ncn(C3CCO3)c2n1. The topological polar surface area (TPSA) is 74.1 Å². The summed E-state index contributed by atoms with van der Waals surface area (Å²) in [4.78, 5) is 11.7. The summed E-state index contributed by atoms with van der Waals surface area (Å²) in [6, 6.07) is 5.32. The number of nitrogens with zero attached hydrogens (tertiary/aromatic N) is 4. The van der Waals surface area contributed by atoms with E-state index in [9.17, 15) is 17.6 Å². The molecule has 7 nitrogen and oxygen atoms in total. The quantitative estimate of drug-likeness (QED) is 0.538. The monoisotopic (exact) mass is 383 g/mol. The molecule has 1 N–H and O–H groups in total. The Balaban J connectivity index is 1.51. The molecule has 1 fully saturated rings. The summed E-state index contributed by atoms with van der Waals surface area (Å²) >= 11 is 0. The fourth-order valence-corrected chi connectivity index (χ4v) is 2.66. The van der Waals surface area contributed by atoms with Gasteiger partial charge in [0.25, 0.3) is 0 Å². The van der Waals surface area contributed by atoms with Gasteiger partial charge >= 0.3 is 12.4 Å². The van der Waals surface area contributed by atoms with Crippen molar-refractivity contribution in [2.75, 3.05) is 11.9 Å². The second-order valence-electron chi connectivity index (χ2n) is 5.82. The fourth-order valence-electron chi connectivity index (χ4n) is 2.66. The van der Waals surface area contributed by atoms with Gasteiger partial charge in [0.15, 0.2) is 17.0 Å². The smallest absolute Gasteiger partial charge is 0.406 e. The van der Waals surface area contributed by atoms with Crippen LogP contribution in [0.5, 0.6) is 5.75 Å². The average Bonchev–Trinajstić information content (AvgIpc) is 2.94. The molecule has 1 aromatic carbocycles. The zero-order valence-corrected chi connectivity index (χ0v) is 13.7. The van der Waals surface area contributed by atoms with Gasteiger partial charge in [0.2, 0.25) is 0 Å². The third kappa shape index (κ3) is 3.77. The van der Waals surface area contributed by atoms with E-state index in [0.717, 1.165) is 6.42 Å². The second kappa shape index (κ2) is 6.65. The number of rotatable bonds is 5. The molecule has 0 bridgehead atoms. The van der Waals surface area contributed by atoms with Crippen molar-refractivity contribution in [1.82, 2.24) is 19.5 Å². The van der Waals surface area contributed by atoms with E-state index >= 15 is 0 Å². The Morgan fingerprint density at radius 1 is 1.22 bits per heavy atom. The van der Waals surface area contributed by atoms with E-state index in [1.165, 1.54) is 30.6 Å². The fraction of sp³-hybridized carbons (Fsp3) is 0.312. The van der Waals surface area contributed by atoms with Crippen LogP contribution < -0.4 is 10.1 Å². The van der Waals surface area contributed by atoms with Gasteiger partial charge in [-0.3, -0.25) is 4.57 Å². The maximum Gasteiger partial charge on any atom is 0.573 e. The number of ether oxygens (including phenoxy) is 2. The van der Waals surface area contributed by atoms with Crippen LogP contribution in [0.4, 0.5) is 23.4 Å². The number of hydrogen-bond acceptors (Lipinski definition) is 6. The summed E-state index contributed by atoms with van der Waals surface area (Å²) < 4.78 is 61.2. The largest absolute Gasteiger partial charge is 0.573 e. The highest BCUT2D eigenvalue weighted by molar-refractivity contribution is 5.82. The number of anilines is 1. The van der Waals surface area contributed by atoms with Gasteiger partial charge in [0, 0.05) is 13.0 Å². The predicted octanol–water partition coefficient (Wildman–Crippen LogP) is 3.40. The molecule has 11 heteroatoms. The highest BCUT2D eigenvalue weighted by atomic mass is 19.4. The molecule has 1 saturated heterocycles. The Morgan fingerprint density at radius 3 is 2.59 bits per heavy atom. The van der Waals surface area contributed by atoms with Crippen molar-refractivity contribution in [3.05, 3.63) is 42.2 Å². The normalized spacial score (nSPS) is 17.0. The molecule has 3 aromatic rings. The molecule has 27 heavy (non-hydrogen) atoms. The molecule has 1 atom stereocenters. The van der Waals surface area contributed by atoms with Crippen molar-refractivity contribution < 1.29 is 27.0 Å². The lowest BCUT2D eigenvalue weighted by Crippen LogP contribution is -2.24. The highest BCUT2D eigenvalue weighted by Gasteiger charge is 2.31. The van der Waals surface area contributed by atoms with Gasteiger partial charge in [-0.25, -0.2) is 4.98 Å². The molecule has 1 unspecified atom stereocenters. The maximum absolute atomic E-state index is 13.8. The zero-order valence-electron chi connectivity index (χ0n) is 13.7. The first kappa shape index (κ1) is 17.5. The van der Waals surface area contributed by atoms with Crippen molar-refractivity contribution in [2.24, 2.45) is 0 Å². The van der Waals surface area contributed by atoms with Crippen LogP contribution in [0.15, 0.2) is 30.6 Å². The van der Waals surface area contributed by atoms with Crippen molar-refractivity contribution in [3.63, 3.8) is 0 Å². The minimum atomic E-state index is -4.74. The molecule has 1 aliphatic rings. The summed E-state index contributed by atoms with van der Waals surface area (Å²) in [5, 5.41) is 2.93. The minimum absolute atomic E-state index is 0.186. The predicted molar refractivity (Wildman–Crippen MR) is 85.3 cm³/mol. The highest BCUT2D eigenvalue weighted by Crippen LogP contribution is 2.29. The summed E-state index contributed by atoms with van der Waals surface area (Å²) in [6.07, 6.45) is -3.59. The number of fused-ring (bicyclic) bond motifs is 1. The van der Waals surface area contributed by atoms with Gasteiger partial charge in [-0.1, -0.05) is 12.1 Å². The molecule has 0 aliphatic carbocycles. The van der Waals surface area contributed by atoms with Crippen molar-refractivity contribution >= 4 is 17.0 Å². The number of hydrogen-bond donors (Lipinski definition) is 1. The van der Waals surface area contributed by atoms with E-state index in [2.05, 4.69) is 25.0 Å². The van der Waals surface area contributed by atoms with Gasteiger partial charge in [-0.2, -0.15) is 14.4 Å². The van der Waals surface area contributed by atoms with E-state index < -0.39 is 12.4 Å². The second-order valence-corrected chi connectivity index (χ2v) is 5.82. The third-order valence-electron chi connectivity index (χ3n) is 4.00. The van der Waals surface area contributed by atoms with Crippen LogP contribution >= 0.6 is 0 Å². The molecular formula is C16H13F4N5O2. The van der Waals surface area contributed by atoms with Crippen LogP contribution in [0.1, 0.15) is 18.2 Å². The van der Waals surface area contributed by atoms with Crippen LogP contribution in [-0.4, -0.2) is 32.5 Å². The first-order valence-corrected chi connectivity index (χ1v) is 7.99. The standard InChI is InChI=1S/C16H13F4N5O2/c17-15-23-13(12-14(24-15)25(8-22-12)11-5-6-26-11)21-7-9-1-3-10(4-2-9)27-16(18,19)20/h1-4,8,11H,5-7H2,(H,21,23,24). The average molecular weight is 383 g/mol. The molecule has 0 radical (unpaired) electrons. The number of halogens is 4. The van der Waals surface area contributed by atoms with Gasteiger partial charge < -0.3 is 14.8 Å². The Morgan fingerprint density at radius 2 is 1.96 bits per heavy atom. The van der Waals surface area contributed by atoms with Gasteiger partial charge in [-0.05, 0) is 17.7 Å². The molecule has 4 rings (SSSR count). The summed E-state index contributed by atoms with van der Waals surface area (Å²) in [5.41, 5.74) is 1.34. The Hall–Kier alpha value is -2.95. The summed E-state index contributed by atoms with van der Waals surface area (Å²) in [7, 11) is 0. The Labute approximate surface area is 150 Å². The summed E-state index contributed by atoms with van der Waals surface area (Å²) in [5.74, 6) is -0.132. The Bertz CT molecular complexity index is 954. The first-order chi connectivity index (χ1) is 12.9. The van der Waals surface area contributed by atoms with Crippen molar-refractivity contribution in [1.29, 1.82) is 0 Å². The summed E-state index contributed by atoms with van der Waals surface area (Å²) in [6.45, 7) is 0.821. The lowest BCUT2D eigenvalue weighted by Gasteiger charge is -2.27. The first-order valence-electron chi connectivity index (χ1n) is 7.99. The minimum Gasteiger partial charge on any atom is -0.406 e. The van der Waals surface area contributed by atoms with Crippen LogP contribution in [0.3, 0.4) is 0 Å². The lowest BCUT2D eigenvalue weighted by atomic mass is 10.2. The van der Waals surface area contributed by atoms with Crippen LogP contribution in [0, 0.1) is 6.08 Å². The van der Waals surface area contributed by atoms with E-state index in [1.807, 2.05) is 0 Å². The van der Waals surface area contributed by atoms with Gasteiger partial charge in [0.05, 0.1) is 12.9 Å². The molecule has 2 aromatic heterocycles. The van der Waals surface area contributed by atoms with Crippen molar-refractivity contribution in [3.8, 4) is 5.75 Å². The van der Waals surface area contributed by atoms with Crippen LogP contribution in [0.25, 0.3) is 11.2 Å². The van der Waals surface area contributed by atoms with Crippen LogP contribution in [0.2, 0.25) is 0 Å². The van der Waals surface area contributed by atoms with E-state index in [4.69, 9.17) is 4.74 Å². The van der Waals surface area contributed by atoms with E-state index in [1.54, 1.807) is 4.57 Å². The van der Waals surface area contributed by atoms with E-state index in [0.29, 0.717) is 23.3 Å². The lowest BCUT2D eigenvalue weighted by molar-refractivity contribution is -0.274. The van der Waals surface area contributed by atoms with E-state index in [-0.39, 0.29) is 24.3 Å². The van der Waals surface area contributed by atoms with Crippen LogP contribution in [-0.2, 0) is 11.3 Å². The number of nitrogens with one attached hydrogen (secondary N) is 1. The number of aromatic nitrogens is 4. The number of imidazole rings is 1. The molecule has 0 amide bonds. The Kier molecular flexibility index (Phi) is 4.30. The van der Waals surface area contributed by atoms with Crippen molar-refractivity contribution in [2.45, 2.75) is 25.6 Å². The maximum atomic E-state index is 13.8. The molecule has 3 heterocycles. The van der Waals surface area contributed by atoms with Gasteiger partial charge in [-0.15, -0.1) is 13.2 Å².